The van der Waals surface area contributed by atoms with Crippen LogP contribution in [0.1, 0.15) is 29.7 Å². The molecule has 1 amide bonds. The molecule has 2 heterocycles. The van der Waals surface area contributed by atoms with Crippen LogP contribution in [0.15, 0.2) is 70.6 Å². The number of fused-ring (bicyclic) bond motifs is 2. The summed E-state index contributed by atoms with van der Waals surface area (Å²) in [6.07, 6.45) is 0. The molecule has 0 aliphatic carbocycles. The predicted molar refractivity (Wildman–Crippen MR) is 137 cm³/mol. The predicted octanol–water partition coefficient (Wildman–Crippen LogP) is 4.70. The van der Waals surface area contributed by atoms with Crippen molar-refractivity contribution in [3.63, 3.8) is 0 Å². The Morgan fingerprint density at radius 1 is 1.06 bits per heavy atom. The van der Waals surface area contributed by atoms with Crippen LogP contribution in [-0.2, 0) is 4.79 Å². The topological polar surface area (TPSA) is 82.5 Å². The summed E-state index contributed by atoms with van der Waals surface area (Å²) >= 11 is 1.24. The van der Waals surface area contributed by atoms with Gasteiger partial charge in [0, 0.05) is 0 Å². The normalized spacial score (nSPS) is 13.1. The van der Waals surface area contributed by atoms with Gasteiger partial charge in [-0.3, -0.25) is 14.2 Å². The van der Waals surface area contributed by atoms with Gasteiger partial charge in [-0.25, -0.2) is 4.98 Å². The Kier molecular flexibility index (Phi) is 6.21. The Bertz CT molecular complexity index is 1500. The van der Waals surface area contributed by atoms with Crippen LogP contribution in [0, 0.1) is 13.8 Å². The maximum absolute atomic E-state index is 13.4. The fraction of sp³-hybridized carbons (Fsp3) is 0.222. The fourth-order valence-corrected chi connectivity index (χ4v) is 4.80. The Balaban J connectivity index is 1.39. The van der Waals surface area contributed by atoms with E-state index in [1.54, 1.807) is 10.6 Å². The molecule has 1 aromatic heterocycles. The number of para-hydroxylation sites is 1. The first-order chi connectivity index (χ1) is 16.9. The smallest absolute Gasteiger partial charge is 0.266 e. The largest absolute Gasteiger partial charge is 0.454 e. The van der Waals surface area contributed by atoms with E-state index in [9.17, 15) is 9.59 Å². The van der Waals surface area contributed by atoms with Crippen molar-refractivity contribution in [1.82, 2.24) is 14.9 Å². The number of ether oxygens (including phenoxy) is 2. The highest BCUT2D eigenvalue weighted by Crippen LogP contribution is 2.34. The van der Waals surface area contributed by atoms with Crippen molar-refractivity contribution in [3.8, 4) is 17.2 Å². The second kappa shape index (κ2) is 9.46. The van der Waals surface area contributed by atoms with E-state index in [0.29, 0.717) is 27.6 Å². The summed E-state index contributed by atoms with van der Waals surface area (Å²) in [5, 5.41) is 4.03. The minimum absolute atomic E-state index is 0.116. The third-order valence-electron chi connectivity index (χ3n) is 6.10. The van der Waals surface area contributed by atoms with Gasteiger partial charge in [0.15, 0.2) is 16.7 Å². The first kappa shape index (κ1) is 23.0. The van der Waals surface area contributed by atoms with E-state index in [1.807, 2.05) is 75.4 Å². The van der Waals surface area contributed by atoms with Crippen LogP contribution in [0.4, 0.5) is 0 Å². The SMILES string of the molecule is Cc1ccc(-n2c(SCC(=O)NC(C)c3ccc4c(c3)OCO4)nc3ccccc3c2=O)cc1C. The Morgan fingerprint density at radius 2 is 1.86 bits per heavy atom. The molecule has 0 saturated heterocycles. The van der Waals surface area contributed by atoms with Crippen molar-refractivity contribution in [3.05, 3.63) is 87.7 Å². The molecule has 0 radical (unpaired) electrons. The average Bonchev–Trinajstić information content (AvgIpc) is 3.33. The molecule has 0 spiro atoms. The Hall–Kier alpha value is -3.78. The van der Waals surface area contributed by atoms with Crippen LogP contribution in [0.5, 0.6) is 11.5 Å². The second-order valence-corrected chi connectivity index (χ2v) is 9.45. The number of thioether (sulfide) groups is 1. The van der Waals surface area contributed by atoms with Crippen LogP contribution in [0.2, 0.25) is 0 Å². The monoisotopic (exact) mass is 487 g/mol. The summed E-state index contributed by atoms with van der Waals surface area (Å²) in [4.78, 5) is 31.0. The summed E-state index contributed by atoms with van der Waals surface area (Å²) in [6.45, 7) is 6.16. The van der Waals surface area contributed by atoms with E-state index in [0.717, 1.165) is 22.4 Å². The lowest BCUT2D eigenvalue weighted by atomic mass is 10.1. The maximum Gasteiger partial charge on any atom is 0.266 e. The van der Waals surface area contributed by atoms with Gasteiger partial charge in [0.1, 0.15) is 0 Å². The summed E-state index contributed by atoms with van der Waals surface area (Å²) in [5.74, 6) is 1.34. The maximum atomic E-state index is 13.4. The average molecular weight is 488 g/mol. The highest BCUT2D eigenvalue weighted by molar-refractivity contribution is 7.99. The lowest BCUT2D eigenvalue weighted by molar-refractivity contribution is -0.119. The number of hydrogen-bond donors (Lipinski definition) is 1. The van der Waals surface area contributed by atoms with Crippen molar-refractivity contribution in [2.24, 2.45) is 0 Å². The number of rotatable bonds is 6. The first-order valence-corrected chi connectivity index (χ1v) is 12.3. The third kappa shape index (κ3) is 4.61. The molecule has 1 N–H and O–H groups in total. The molecule has 1 atom stereocenters. The van der Waals surface area contributed by atoms with Crippen molar-refractivity contribution in [2.45, 2.75) is 32.0 Å². The molecule has 7 nitrogen and oxygen atoms in total. The number of benzene rings is 3. The van der Waals surface area contributed by atoms with E-state index < -0.39 is 0 Å². The lowest BCUT2D eigenvalue weighted by Gasteiger charge is -2.16. The summed E-state index contributed by atoms with van der Waals surface area (Å²) in [5.41, 5.74) is 4.32. The van der Waals surface area contributed by atoms with Crippen LogP contribution >= 0.6 is 11.8 Å². The van der Waals surface area contributed by atoms with E-state index in [-0.39, 0.29) is 30.1 Å². The molecule has 0 saturated carbocycles. The number of hydrogen-bond acceptors (Lipinski definition) is 6. The Morgan fingerprint density at radius 3 is 2.69 bits per heavy atom. The zero-order valence-electron chi connectivity index (χ0n) is 19.7. The molecule has 5 rings (SSSR count). The number of nitrogens with one attached hydrogen (secondary N) is 1. The minimum Gasteiger partial charge on any atom is -0.454 e. The van der Waals surface area contributed by atoms with Crippen LogP contribution in [-0.4, -0.2) is 28.0 Å². The number of aryl methyl sites for hydroxylation is 2. The minimum atomic E-state index is -0.218. The molecule has 8 heteroatoms. The van der Waals surface area contributed by atoms with E-state index in [1.165, 1.54) is 11.8 Å². The van der Waals surface area contributed by atoms with Gasteiger partial charge in [0.25, 0.3) is 5.56 Å². The standard InChI is InChI=1S/C27H25N3O4S/c1-16-8-10-20(12-17(16)2)30-26(32)21-6-4-5-7-22(21)29-27(30)35-14-25(31)28-18(3)19-9-11-23-24(13-19)34-15-33-23/h4-13,18H,14-15H2,1-3H3,(H,28,31). The number of aromatic nitrogens is 2. The van der Waals surface area contributed by atoms with E-state index in [2.05, 4.69) is 5.32 Å². The number of amides is 1. The van der Waals surface area contributed by atoms with Crippen LogP contribution in [0.3, 0.4) is 0 Å². The quantitative estimate of drug-likeness (QED) is 0.314. The second-order valence-electron chi connectivity index (χ2n) is 8.51. The third-order valence-corrected chi connectivity index (χ3v) is 7.04. The highest BCUT2D eigenvalue weighted by atomic mass is 32.2. The molecular formula is C27H25N3O4S. The molecular weight excluding hydrogens is 462 g/mol. The number of nitrogens with zero attached hydrogens (tertiary/aromatic N) is 2. The van der Waals surface area contributed by atoms with Gasteiger partial charge in [-0.05, 0) is 73.9 Å². The van der Waals surface area contributed by atoms with Crippen molar-refractivity contribution in [2.75, 3.05) is 12.5 Å². The van der Waals surface area contributed by atoms with Crippen molar-refractivity contribution >= 4 is 28.6 Å². The molecule has 0 fully saturated rings. The molecule has 1 unspecified atom stereocenters. The van der Waals surface area contributed by atoms with Gasteiger partial charge in [-0.15, -0.1) is 0 Å². The van der Waals surface area contributed by atoms with Crippen molar-refractivity contribution in [1.29, 1.82) is 0 Å². The van der Waals surface area contributed by atoms with E-state index in [4.69, 9.17) is 14.5 Å². The number of carbonyl (C=O) groups excluding carboxylic acids is 1. The molecule has 4 aromatic rings. The van der Waals surface area contributed by atoms with Gasteiger partial charge in [-0.2, -0.15) is 0 Å². The molecule has 0 bridgehead atoms. The van der Waals surface area contributed by atoms with Crippen molar-refractivity contribution < 1.29 is 14.3 Å². The zero-order valence-corrected chi connectivity index (χ0v) is 20.5. The highest BCUT2D eigenvalue weighted by Gasteiger charge is 2.19. The Labute approximate surface area is 207 Å². The van der Waals surface area contributed by atoms with E-state index >= 15 is 0 Å². The first-order valence-electron chi connectivity index (χ1n) is 11.3. The summed E-state index contributed by atoms with van der Waals surface area (Å²) in [7, 11) is 0. The van der Waals surface area contributed by atoms with Gasteiger partial charge in [0.2, 0.25) is 12.7 Å². The van der Waals surface area contributed by atoms with Gasteiger partial charge in [0.05, 0.1) is 28.4 Å². The van der Waals surface area contributed by atoms with Crippen LogP contribution in [0.25, 0.3) is 16.6 Å². The molecule has 1 aliphatic rings. The molecule has 1 aliphatic heterocycles. The van der Waals surface area contributed by atoms with Gasteiger partial charge >= 0.3 is 0 Å². The summed E-state index contributed by atoms with van der Waals surface area (Å²) < 4.78 is 12.4. The molecule has 3 aromatic carbocycles. The van der Waals surface area contributed by atoms with Gasteiger partial charge in [-0.1, -0.05) is 36.0 Å². The zero-order chi connectivity index (χ0) is 24.5. The fourth-order valence-electron chi connectivity index (χ4n) is 3.98. The molecule has 178 valence electrons. The van der Waals surface area contributed by atoms with Gasteiger partial charge < -0.3 is 14.8 Å². The number of carbonyl (C=O) groups is 1. The summed E-state index contributed by atoms with van der Waals surface area (Å²) in [6, 6.07) is 18.5. The lowest BCUT2D eigenvalue weighted by Crippen LogP contribution is -2.29. The van der Waals surface area contributed by atoms with Crippen LogP contribution < -0.4 is 20.3 Å². The molecule has 35 heavy (non-hydrogen) atoms.